The minimum absolute atomic E-state index is 0.00226. The lowest BCUT2D eigenvalue weighted by atomic mass is 9.84. The predicted molar refractivity (Wildman–Crippen MR) is 162 cm³/mol. The Hall–Kier alpha value is -3.28. The molecule has 2 fully saturated rings. The van der Waals surface area contributed by atoms with Crippen molar-refractivity contribution in [3.8, 4) is 0 Å². The maximum absolute atomic E-state index is 13.2. The molecule has 0 unspecified atom stereocenters. The quantitative estimate of drug-likeness (QED) is 0.203. The molecule has 0 aromatic heterocycles. The number of likely N-dealkylation sites (tertiary alicyclic amines) is 2. The highest BCUT2D eigenvalue weighted by Gasteiger charge is 2.44. The highest BCUT2D eigenvalue weighted by Crippen LogP contribution is 2.52. The highest BCUT2D eigenvalue weighted by atomic mass is 32.2. The van der Waals surface area contributed by atoms with Gasteiger partial charge in [0.05, 0.1) is 10.8 Å². The van der Waals surface area contributed by atoms with Gasteiger partial charge in [-0.25, -0.2) is 4.79 Å². The third kappa shape index (κ3) is 6.32. The summed E-state index contributed by atoms with van der Waals surface area (Å²) in [7, 11) is 0. The molecular weight excluding hydrogens is 500 g/mol. The fourth-order valence-electron chi connectivity index (χ4n) is 5.82. The van der Waals surface area contributed by atoms with E-state index < -0.39 is 4.75 Å². The minimum atomic E-state index is -0.417. The zero-order valence-electron chi connectivity index (χ0n) is 22.5. The molecule has 0 bridgehead atoms. The largest absolute Gasteiger partial charge is 0.445 e. The van der Waals surface area contributed by atoms with Crippen LogP contribution in [0.5, 0.6) is 0 Å². The molecule has 1 amide bonds. The number of hydrogen-bond donors (Lipinski definition) is 0. The molecule has 2 heterocycles. The van der Waals surface area contributed by atoms with Crippen LogP contribution in [0.4, 0.5) is 4.79 Å². The van der Waals surface area contributed by atoms with Gasteiger partial charge in [0.1, 0.15) is 6.61 Å². The number of thioether (sulfide) groups is 1. The lowest BCUT2D eigenvalue weighted by Crippen LogP contribution is -2.36. The second-order valence-electron chi connectivity index (χ2n) is 10.3. The van der Waals surface area contributed by atoms with Gasteiger partial charge in [-0.3, -0.25) is 4.90 Å². The van der Waals surface area contributed by atoms with Gasteiger partial charge in [-0.2, -0.15) is 0 Å². The van der Waals surface area contributed by atoms with Gasteiger partial charge >= 0.3 is 6.09 Å². The van der Waals surface area contributed by atoms with Crippen LogP contribution in [0.2, 0.25) is 0 Å². The van der Waals surface area contributed by atoms with E-state index in [2.05, 4.69) is 115 Å². The van der Waals surface area contributed by atoms with Crippen LogP contribution in [-0.2, 0) is 9.48 Å². The summed E-state index contributed by atoms with van der Waals surface area (Å²) in [4.78, 5) is 17.5. The first-order chi connectivity index (χ1) is 19.2. The molecule has 0 saturated carbocycles. The molecule has 5 heteroatoms. The third-order valence-corrected chi connectivity index (χ3v) is 9.40. The number of carbonyl (C=O) groups is 1. The Morgan fingerprint density at radius 2 is 1.44 bits per heavy atom. The fraction of sp³-hybridized carbons (Fsp3) is 0.324. The zero-order chi connectivity index (χ0) is 26.9. The molecule has 0 aliphatic carbocycles. The maximum Gasteiger partial charge on any atom is 0.410 e. The van der Waals surface area contributed by atoms with Crippen LogP contribution in [0.15, 0.2) is 116 Å². The average Bonchev–Trinajstić information content (AvgIpc) is 3.66. The summed E-state index contributed by atoms with van der Waals surface area (Å²) in [6, 6.07) is 32.3. The smallest absolute Gasteiger partial charge is 0.410 e. The molecule has 0 radical (unpaired) electrons. The van der Waals surface area contributed by atoms with Crippen molar-refractivity contribution in [2.24, 2.45) is 0 Å². The van der Waals surface area contributed by atoms with E-state index in [1.165, 1.54) is 29.5 Å². The van der Waals surface area contributed by atoms with Crippen LogP contribution in [0, 0.1) is 0 Å². The Labute approximate surface area is 237 Å². The van der Waals surface area contributed by atoms with Gasteiger partial charge < -0.3 is 9.64 Å². The van der Waals surface area contributed by atoms with Gasteiger partial charge in [0.15, 0.2) is 0 Å². The van der Waals surface area contributed by atoms with E-state index in [-0.39, 0.29) is 24.0 Å². The van der Waals surface area contributed by atoms with Crippen LogP contribution in [0.25, 0.3) is 0 Å². The number of ether oxygens (including phenoxy) is 1. The fourth-order valence-corrected chi connectivity index (χ4v) is 7.67. The monoisotopic (exact) mass is 538 g/mol. The van der Waals surface area contributed by atoms with Crippen molar-refractivity contribution in [1.29, 1.82) is 0 Å². The predicted octanol–water partition coefficient (Wildman–Crippen LogP) is 7.13. The maximum atomic E-state index is 13.2. The van der Waals surface area contributed by atoms with Gasteiger partial charge in [-0.05, 0) is 49.0 Å². The molecule has 0 N–H and O–H groups in total. The second kappa shape index (κ2) is 13.2. The molecule has 0 spiro atoms. The molecule has 4 nitrogen and oxygen atoms in total. The Balaban J connectivity index is 1.49. The molecular formula is C34H38N2O2S. The van der Waals surface area contributed by atoms with E-state index >= 15 is 0 Å². The molecule has 2 aliphatic heterocycles. The van der Waals surface area contributed by atoms with Gasteiger partial charge in [-0.1, -0.05) is 116 Å². The second-order valence-corrected chi connectivity index (χ2v) is 11.8. The summed E-state index contributed by atoms with van der Waals surface area (Å²) in [5.74, 6) is 0. The molecule has 3 aromatic rings. The van der Waals surface area contributed by atoms with E-state index in [9.17, 15) is 4.79 Å². The van der Waals surface area contributed by atoms with Gasteiger partial charge in [0, 0.05) is 18.3 Å². The molecule has 2 atom stereocenters. The van der Waals surface area contributed by atoms with Crippen molar-refractivity contribution < 1.29 is 9.53 Å². The van der Waals surface area contributed by atoms with Crippen LogP contribution in [-0.4, -0.2) is 60.0 Å². The van der Waals surface area contributed by atoms with Gasteiger partial charge in [0.2, 0.25) is 0 Å². The topological polar surface area (TPSA) is 32.8 Å². The lowest BCUT2D eigenvalue weighted by Gasteiger charge is -2.37. The van der Waals surface area contributed by atoms with E-state index in [0.717, 1.165) is 26.1 Å². The van der Waals surface area contributed by atoms with Crippen LogP contribution < -0.4 is 0 Å². The summed E-state index contributed by atoms with van der Waals surface area (Å²) in [6.07, 6.45) is 9.26. The Bertz CT molecular complexity index is 1130. The van der Waals surface area contributed by atoms with E-state index in [0.29, 0.717) is 6.54 Å². The van der Waals surface area contributed by atoms with Crippen LogP contribution >= 0.6 is 11.8 Å². The summed E-state index contributed by atoms with van der Waals surface area (Å²) >= 11 is 1.95. The Morgan fingerprint density at radius 1 is 0.897 bits per heavy atom. The molecule has 5 rings (SSSR count). The Kier molecular flexibility index (Phi) is 9.23. The summed E-state index contributed by atoms with van der Waals surface area (Å²) in [6.45, 7) is 7.83. The molecule has 3 aromatic carbocycles. The minimum Gasteiger partial charge on any atom is -0.445 e. The summed E-state index contributed by atoms with van der Waals surface area (Å²) in [5, 5.41) is 0.211. The number of benzene rings is 3. The van der Waals surface area contributed by atoms with Gasteiger partial charge in [-0.15, -0.1) is 11.8 Å². The van der Waals surface area contributed by atoms with E-state index in [4.69, 9.17) is 4.74 Å². The van der Waals surface area contributed by atoms with E-state index in [1.807, 2.05) is 16.7 Å². The van der Waals surface area contributed by atoms with Crippen molar-refractivity contribution in [1.82, 2.24) is 9.80 Å². The number of hydrogen-bond acceptors (Lipinski definition) is 4. The molecule has 202 valence electrons. The van der Waals surface area contributed by atoms with Crippen LogP contribution in [0.1, 0.15) is 36.0 Å². The lowest BCUT2D eigenvalue weighted by molar-refractivity contribution is 0.114. The number of carbonyl (C=O) groups excluding carboxylic acids is 1. The van der Waals surface area contributed by atoms with Crippen LogP contribution in [0.3, 0.4) is 0 Å². The van der Waals surface area contributed by atoms with Crippen molar-refractivity contribution in [3.63, 3.8) is 0 Å². The summed E-state index contributed by atoms with van der Waals surface area (Å²) in [5.41, 5.74) is 3.71. The van der Waals surface area contributed by atoms with Crippen molar-refractivity contribution in [2.45, 2.75) is 35.3 Å². The molecule has 2 aliphatic rings. The first-order valence-electron chi connectivity index (χ1n) is 14.0. The van der Waals surface area contributed by atoms with Crippen molar-refractivity contribution in [2.75, 3.05) is 32.8 Å². The highest BCUT2D eigenvalue weighted by molar-refractivity contribution is 8.01. The van der Waals surface area contributed by atoms with E-state index in [1.54, 1.807) is 6.08 Å². The third-order valence-electron chi connectivity index (χ3n) is 7.67. The molecule has 2 saturated heterocycles. The number of rotatable bonds is 10. The Morgan fingerprint density at radius 3 is 1.95 bits per heavy atom. The SMILES string of the molecule is C=CCOC(=O)N1C[C@@H](SC(c2ccccc2)(c2ccccc2)c2ccccc2)C[C@H]1C=CCN1CCCC1. The standard InChI is InChI=1S/C34H38N2O2S/c1-2-25-38-33(37)36-27-32(26-31(36)21-14-24-35-22-12-13-23-35)39-34(28-15-6-3-7-16-28,29-17-8-4-9-18-29)30-19-10-5-11-20-30/h2-11,14-21,31-32H,1,12-13,22-27H2/t31-,32+/m1/s1. The number of nitrogens with zero attached hydrogens (tertiary/aromatic N) is 2. The van der Waals surface area contributed by atoms with Gasteiger partial charge in [0.25, 0.3) is 0 Å². The average molecular weight is 539 g/mol. The first kappa shape index (κ1) is 27.3. The zero-order valence-corrected chi connectivity index (χ0v) is 23.3. The van der Waals surface area contributed by atoms with Crippen molar-refractivity contribution in [3.05, 3.63) is 132 Å². The van der Waals surface area contributed by atoms with Crippen molar-refractivity contribution >= 4 is 17.9 Å². The normalized spacial score (nSPS) is 19.9. The number of amides is 1. The molecule has 39 heavy (non-hydrogen) atoms. The summed E-state index contributed by atoms with van der Waals surface area (Å²) < 4.78 is 5.12. The first-order valence-corrected chi connectivity index (χ1v) is 14.9.